The van der Waals surface area contributed by atoms with E-state index in [1.54, 1.807) is 0 Å². The van der Waals surface area contributed by atoms with E-state index >= 15 is 0 Å². The molecular weight excluding hydrogens is 781 g/mol. The molecule has 2 aliphatic rings. The maximum Gasteiger partial charge on any atom is 0.315 e. The number of ketones is 1. The lowest BCUT2D eigenvalue weighted by molar-refractivity contribution is -0.122. The summed E-state index contributed by atoms with van der Waals surface area (Å²) in [5, 5.41) is 16.5. The van der Waals surface area contributed by atoms with Gasteiger partial charge in [-0.15, -0.1) is 0 Å². The summed E-state index contributed by atoms with van der Waals surface area (Å²) in [4.78, 5) is 63.6. The van der Waals surface area contributed by atoms with Crippen molar-refractivity contribution in [3.05, 3.63) is 39.3 Å². The number of urea groups is 1. The van der Waals surface area contributed by atoms with Crippen LogP contribution in [0.1, 0.15) is 87.4 Å². The number of nitrogens with one attached hydrogen (secondary N) is 5. The predicted molar refractivity (Wildman–Crippen MR) is 196 cm³/mol. The zero-order valence-electron chi connectivity index (χ0n) is 29.6. The van der Waals surface area contributed by atoms with Crippen molar-refractivity contribution >= 4 is 66.9 Å². The molecule has 0 aliphatic carbocycles. The topological polar surface area (TPSA) is 221 Å². The Balaban J connectivity index is 1.33. The second kappa shape index (κ2) is 22.0. The fraction of sp³-hybridized carbons (Fsp3) is 0.656. The minimum Gasteiger partial charge on any atom is -0.356 e. The second-order valence-electron chi connectivity index (χ2n) is 12.8. The lowest BCUT2D eigenvalue weighted by Gasteiger charge is -2.19. The first-order valence-electron chi connectivity index (χ1n) is 17.4. The Morgan fingerprint density at radius 2 is 1.56 bits per heavy atom. The molecule has 54 heavy (non-hydrogen) atoms. The molecule has 2 saturated heterocycles. The van der Waals surface area contributed by atoms with Crippen molar-refractivity contribution in [2.45, 2.75) is 100 Å². The summed E-state index contributed by atoms with van der Waals surface area (Å²) in [5.41, 5.74) is 5.14. The molecule has 300 valence electrons. The lowest BCUT2D eigenvalue weighted by Crippen LogP contribution is -2.42. The third-order valence-corrected chi connectivity index (χ3v) is 11.1. The zero-order valence-corrected chi connectivity index (χ0v) is 32.0. The highest BCUT2D eigenvalue weighted by Crippen LogP contribution is 2.33. The van der Waals surface area contributed by atoms with Crippen LogP contribution in [-0.2, 0) is 38.5 Å². The van der Waals surface area contributed by atoms with Gasteiger partial charge in [-0.05, 0) is 50.5 Å². The van der Waals surface area contributed by atoms with Crippen molar-refractivity contribution in [1.82, 2.24) is 26.6 Å². The predicted octanol–water partition coefficient (Wildman–Crippen LogP) is 4.24. The highest BCUT2D eigenvalue weighted by atomic mass is 32.8. The molecule has 0 saturated carbocycles. The van der Waals surface area contributed by atoms with Crippen molar-refractivity contribution in [3.8, 4) is 0 Å². The maximum atomic E-state index is 14.6. The molecule has 0 aromatic heterocycles. The summed E-state index contributed by atoms with van der Waals surface area (Å²) in [6.45, 7) is 0.299. The minimum absolute atomic E-state index is 0.0247. The number of amides is 5. The number of carbonyl (C=O) groups is 5. The number of azide groups is 1. The van der Waals surface area contributed by atoms with Crippen molar-refractivity contribution in [3.63, 3.8) is 0 Å². The molecule has 2 fully saturated rings. The number of hydrogen-bond donors (Lipinski definition) is 5. The van der Waals surface area contributed by atoms with Gasteiger partial charge in [-0.2, -0.15) is 11.8 Å². The number of halogens is 4. The van der Waals surface area contributed by atoms with Gasteiger partial charge in [-0.25, -0.2) is 26.6 Å². The van der Waals surface area contributed by atoms with Crippen molar-refractivity contribution in [1.29, 1.82) is 0 Å². The van der Waals surface area contributed by atoms with Gasteiger partial charge in [0.1, 0.15) is 20.0 Å². The lowest BCUT2D eigenvalue weighted by atomic mass is 10.0. The number of fused-ring (bicyclic) bond motifs is 1. The van der Waals surface area contributed by atoms with E-state index in [4.69, 9.17) is 9.71 Å². The Labute approximate surface area is 319 Å². The van der Waals surface area contributed by atoms with Crippen molar-refractivity contribution < 1.29 is 49.9 Å². The molecule has 22 heteroatoms. The summed E-state index contributed by atoms with van der Waals surface area (Å²) in [6, 6.07) is -1.20. The summed E-state index contributed by atoms with van der Waals surface area (Å²) in [6.07, 6.45) is 6.39. The average Bonchev–Trinajstić information content (AvgIpc) is 3.66. The highest BCUT2D eigenvalue weighted by Gasteiger charge is 2.42. The molecule has 0 bridgehead atoms. The molecule has 0 radical (unpaired) electrons. The van der Waals surface area contributed by atoms with E-state index in [-0.39, 0.29) is 55.7 Å². The molecule has 1 aromatic carbocycles. The Bertz CT molecular complexity index is 1670. The Morgan fingerprint density at radius 1 is 0.944 bits per heavy atom. The Kier molecular flexibility index (Phi) is 18.2. The van der Waals surface area contributed by atoms with E-state index in [0.717, 1.165) is 31.3 Å². The van der Waals surface area contributed by atoms with Gasteiger partial charge in [0.15, 0.2) is 29.1 Å². The van der Waals surface area contributed by atoms with Crippen LogP contribution in [0, 0.1) is 23.3 Å². The standard InChI is InChI=1S/C32H44F4N8O7S3/c1-54(50,52)51-16-13-20(45)18(40-31(48)24-25(33)27(35)30(43-44-37)28(36)26(24)34)9-6-8-15-39-22(46)11-3-2-7-14-38-23(47)12-5-4-10-21-29-19(17-53-21)41-32(49)42-29/h18-19,21,29H,2-17H2,1H3,(H,38,47)(H,39,46)(H,40,48)(H2,41,42,49)/t18-,19-,21-,29-,54?/m0/s1. The zero-order chi connectivity index (χ0) is 39.8. The van der Waals surface area contributed by atoms with E-state index in [1.165, 1.54) is 0 Å². The normalized spacial score (nSPS) is 19.1. The Hall–Kier alpha value is -3.72. The molecule has 15 nitrogen and oxygen atoms in total. The molecule has 2 aliphatic heterocycles. The molecule has 0 spiro atoms. The fourth-order valence-corrected chi connectivity index (χ4v) is 8.06. The molecule has 5 N–H and O–H groups in total. The van der Waals surface area contributed by atoms with Crippen LogP contribution in [0.2, 0.25) is 0 Å². The molecule has 5 atom stereocenters. The van der Waals surface area contributed by atoms with E-state index < -0.39 is 74.1 Å². The van der Waals surface area contributed by atoms with Gasteiger partial charge in [-0.3, -0.25) is 23.4 Å². The van der Waals surface area contributed by atoms with Crippen LogP contribution in [-0.4, -0.2) is 88.8 Å². The van der Waals surface area contributed by atoms with Gasteiger partial charge in [0, 0.05) is 65.7 Å². The third-order valence-electron chi connectivity index (χ3n) is 8.68. The van der Waals surface area contributed by atoms with Crippen LogP contribution >= 0.6 is 11.8 Å². The molecule has 3 rings (SSSR count). The van der Waals surface area contributed by atoms with Gasteiger partial charge in [-0.1, -0.05) is 18.0 Å². The van der Waals surface area contributed by atoms with Crippen LogP contribution < -0.4 is 26.6 Å². The van der Waals surface area contributed by atoms with Crippen LogP contribution in [0.25, 0.3) is 10.4 Å². The van der Waals surface area contributed by atoms with E-state index in [2.05, 4.69) is 47.8 Å². The smallest absolute Gasteiger partial charge is 0.315 e. The van der Waals surface area contributed by atoms with Gasteiger partial charge in [0.05, 0.1) is 24.7 Å². The number of Topliss-reactive ketones (excluding diaryl/α,β-unsaturated/α-hetero) is 1. The maximum absolute atomic E-state index is 14.6. The molecule has 1 unspecified atom stereocenters. The number of unbranched alkanes of at least 4 members (excludes halogenated alkanes) is 4. The first kappa shape index (κ1) is 44.7. The summed E-state index contributed by atoms with van der Waals surface area (Å²) in [5.74, 6) is -10.2. The van der Waals surface area contributed by atoms with Crippen LogP contribution in [0.4, 0.5) is 28.0 Å². The molecule has 1 aromatic rings. The highest BCUT2D eigenvalue weighted by molar-refractivity contribution is 8.29. The summed E-state index contributed by atoms with van der Waals surface area (Å²) in [7, 11) is -3.09. The number of rotatable bonds is 24. The van der Waals surface area contributed by atoms with Gasteiger partial charge < -0.3 is 26.6 Å². The monoisotopic (exact) mass is 824 g/mol. The number of benzene rings is 1. The van der Waals surface area contributed by atoms with Crippen molar-refractivity contribution in [2.75, 3.05) is 31.7 Å². The van der Waals surface area contributed by atoms with Crippen LogP contribution in [0.3, 0.4) is 0 Å². The summed E-state index contributed by atoms with van der Waals surface area (Å²) < 4.78 is 74.1. The van der Waals surface area contributed by atoms with E-state index in [0.29, 0.717) is 43.9 Å². The van der Waals surface area contributed by atoms with E-state index in [1.807, 2.05) is 11.8 Å². The SMILES string of the molecule is CS(=O)(=S)OCCC(=O)[C@H](CCCCNC(=O)CCCCCNC(=O)CCCC[C@@H]1SC[C@@H]2NC(=O)N[C@@H]21)NC(=O)c1c(F)c(F)c(N=[N+]=[N-])c(F)c1F. The quantitative estimate of drug-likeness (QED) is 0.0191. The number of hydrogen-bond acceptors (Lipinski definition) is 10. The number of carbonyl (C=O) groups excluding carboxylic acids is 5. The molecule has 5 amide bonds. The second-order valence-corrected chi connectivity index (χ2v) is 17.5. The average molecular weight is 825 g/mol. The Morgan fingerprint density at radius 3 is 2.17 bits per heavy atom. The molecular formula is C32H44F4N8O7S3. The molecule has 2 heterocycles. The minimum atomic E-state index is -3.09. The van der Waals surface area contributed by atoms with E-state index in [9.17, 15) is 45.7 Å². The van der Waals surface area contributed by atoms with Gasteiger partial charge in [0.2, 0.25) is 11.8 Å². The third kappa shape index (κ3) is 14.2. The number of thioether (sulfide) groups is 1. The summed E-state index contributed by atoms with van der Waals surface area (Å²) >= 11 is 6.46. The van der Waals surface area contributed by atoms with Crippen LogP contribution in [0.15, 0.2) is 5.11 Å². The van der Waals surface area contributed by atoms with Crippen molar-refractivity contribution in [2.24, 2.45) is 5.11 Å². The van der Waals surface area contributed by atoms with Crippen LogP contribution in [0.5, 0.6) is 0 Å². The van der Waals surface area contributed by atoms with Gasteiger partial charge in [0.25, 0.3) is 5.91 Å². The first-order chi connectivity index (χ1) is 25.6. The largest absolute Gasteiger partial charge is 0.356 e. The first-order valence-corrected chi connectivity index (χ1v) is 21.3. The van der Waals surface area contributed by atoms with Gasteiger partial charge >= 0.3 is 6.03 Å². The fourth-order valence-electron chi connectivity index (χ4n) is 5.93. The number of nitrogens with zero attached hydrogens (tertiary/aromatic N) is 3.